The Bertz CT molecular complexity index is 198. The molecule has 0 atom stereocenters. The molecule has 0 bridgehead atoms. The highest BCUT2D eigenvalue weighted by Crippen LogP contribution is 2.36. The Balaban J connectivity index is 2.65. The summed E-state index contributed by atoms with van der Waals surface area (Å²) in [5, 5.41) is 0.830. The molecule has 1 rings (SSSR count). The van der Waals surface area contributed by atoms with Gasteiger partial charge in [0.05, 0.1) is 11.2 Å². The van der Waals surface area contributed by atoms with Gasteiger partial charge in [0.15, 0.2) is 0 Å². The van der Waals surface area contributed by atoms with Crippen LogP contribution in [-0.2, 0) is 9.31 Å². The van der Waals surface area contributed by atoms with Crippen molar-refractivity contribution in [3.8, 4) is 0 Å². The summed E-state index contributed by atoms with van der Waals surface area (Å²) in [5.41, 5.74) is -0.456. The van der Waals surface area contributed by atoms with Crippen molar-refractivity contribution >= 4 is 23.0 Å². The van der Waals surface area contributed by atoms with Crippen molar-refractivity contribution in [1.29, 1.82) is 0 Å². The fourth-order valence-corrected chi connectivity index (χ4v) is 1.35. The first-order valence-corrected chi connectivity index (χ1v) is 5.59. The summed E-state index contributed by atoms with van der Waals surface area (Å²) in [6.07, 6.45) is 1.99. The monoisotopic (exact) mass is 246 g/mol. The van der Waals surface area contributed by atoms with E-state index in [-0.39, 0.29) is 18.3 Å². The second-order valence-electron chi connectivity index (χ2n) is 4.21. The molecule has 0 aliphatic carbocycles. The number of hydrogen-bond donors (Lipinski definition) is 0. The van der Waals surface area contributed by atoms with E-state index in [0.717, 1.165) is 5.33 Å². The van der Waals surface area contributed by atoms with E-state index in [9.17, 15) is 0 Å². The van der Waals surface area contributed by atoms with E-state index >= 15 is 0 Å². The van der Waals surface area contributed by atoms with E-state index in [1.54, 1.807) is 0 Å². The van der Waals surface area contributed by atoms with E-state index in [0.29, 0.717) is 0 Å². The summed E-state index contributed by atoms with van der Waals surface area (Å²) in [4.78, 5) is 0. The van der Waals surface area contributed by atoms with Crippen molar-refractivity contribution in [2.75, 3.05) is 5.33 Å². The van der Waals surface area contributed by atoms with Crippen LogP contribution in [0.5, 0.6) is 0 Å². The van der Waals surface area contributed by atoms with Crippen LogP contribution >= 0.6 is 15.9 Å². The molecule has 74 valence electrons. The molecule has 0 aromatic rings. The molecule has 13 heavy (non-hydrogen) atoms. The topological polar surface area (TPSA) is 18.5 Å². The molecule has 0 spiro atoms. The van der Waals surface area contributed by atoms with Gasteiger partial charge in [-0.3, -0.25) is 0 Å². The third kappa shape index (κ3) is 2.36. The zero-order valence-electron chi connectivity index (χ0n) is 8.63. The molecule has 1 aliphatic rings. The minimum atomic E-state index is -0.228. The molecule has 0 unspecified atom stereocenters. The summed E-state index contributed by atoms with van der Waals surface area (Å²) in [6.45, 7) is 8.20. The third-order valence-electron chi connectivity index (χ3n) is 2.65. The average Bonchev–Trinajstić information content (AvgIpc) is 2.17. The molecule has 1 aliphatic heterocycles. The Morgan fingerprint density at radius 3 is 2.00 bits per heavy atom. The number of allylic oxidation sites excluding steroid dienone is 1. The summed E-state index contributed by atoms with van der Waals surface area (Å²) < 4.78 is 11.5. The van der Waals surface area contributed by atoms with Crippen LogP contribution in [0.15, 0.2) is 12.1 Å². The molecular formula is C9H16BBrO2. The van der Waals surface area contributed by atoms with Crippen LogP contribution in [0, 0.1) is 0 Å². The normalized spacial score (nSPS) is 25.8. The predicted molar refractivity (Wildman–Crippen MR) is 59.0 cm³/mol. The maximum atomic E-state index is 5.74. The Kier molecular flexibility index (Phi) is 3.26. The van der Waals surface area contributed by atoms with Crippen LogP contribution < -0.4 is 0 Å². The average molecular weight is 247 g/mol. The van der Waals surface area contributed by atoms with Gasteiger partial charge in [-0.2, -0.15) is 0 Å². The molecule has 0 saturated carbocycles. The van der Waals surface area contributed by atoms with Gasteiger partial charge >= 0.3 is 7.12 Å². The summed E-state index contributed by atoms with van der Waals surface area (Å²) >= 11 is 3.32. The van der Waals surface area contributed by atoms with Crippen LogP contribution in [0.4, 0.5) is 0 Å². The fourth-order valence-electron chi connectivity index (χ4n) is 1.13. The van der Waals surface area contributed by atoms with Gasteiger partial charge in [-0.05, 0) is 27.7 Å². The largest absolute Gasteiger partial charge is 0.486 e. The van der Waals surface area contributed by atoms with Crippen LogP contribution in [0.25, 0.3) is 0 Å². The SMILES string of the molecule is CC1(C)OB(C=CCBr)OC1(C)C. The lowest BCUT2D eigenvalue weighted by Crippen LogP contribution is -2.41. The first-order chi connectivity index (χ1) is 5.89. The lowest BCUT2D eigenvalue weighted by Gasteiger charge is -2.32. The number of alkyl halides is 1. The molecule has 4 heteroatoms. The van der Waals surface area contributed by atoms with Crippen LogP contribution in [0.2, 0.25) is 0 Å². The molecule has 0 amide bonds. The third-order valence-corrected chi connectivity index (χ3v) is 3.03. The van der Waals surface area contributed by atoms with Crippen molar-refractivity contribution in [1.82, 2.24) is 0 Å². The van der Waals surface area contributed by atoms with E-state index in [1.165, 1.54) is 0 Å². The van der Waals surface area contributed by atoms with Gasteiger partial charge in [0, 0.05) is 5.33 Å². The van der Waals surface area contributed by atoms with Gasteiger partial charge in [-0.25, -0.2) is 0 Å². The highest BCUT2D eigenvalue weighted by atomic mass is 79.9. The fraction of sp³-hybridized carbons (Fsp3) is 0.778. The van der Waals surface area contributed by atoms with E-state index in [4.69, 9.17) is 9.31 Å². The van der Waals surface area contributed by atoms with Crippen molar-refractivity contribution < 1.29 is 9.31 Å². The zero-order valence-corrected chi connectivity index (χ0v) is 10.2. The molecular weight excluding hydrogens is 231 g/mol. The quantitative estimate of drug-likeness (QED) is 0.551. The van der Waals surface area contributed by atoms with Crippen molar-refractivity contribution in [2.45, 2.75) is 38.9 Å². The maximum absolute atomic E-state index is 5.74. The minimum absolute atomic E-state index is 0.206. The van der Waals surface area contributed by atoms with Crippen LogP contribution in [0.3, 0.4) is 0 Å². The molecule has 1 saturated heterocycles. The minimum Gasteiger partial charge on any atom is -0.400 e. The van der Waals surface area contributed by atoms with E-state index < -0.39 is 0 Å². The molecule has 2 nitrogen and oxygen atoms in total. The van der Waals surface area contributed by atoms with Gasteiger partial charge in [-0.1, -0.05) is 28.0 Å². The summed E-state index contributed by atoms with van der Waals surface area (Å²) in [7, 11) is -0.206. The zero-order chi connectivity index (χ0) is 10.1. The van der Waals surface area contributed by atoms with E-state index in [1.807, 2.05) is 12.1 Å². The lowest BCUT2D eigenvalue weighted by molar-refractivity contribution is 0.00578. The van der Waals surface area contributed by atoms with Crippen LogP contribution in [0.1, 0.15) is 27.7 Å². The number of halogens is 1. The highest BCUT2D eigenvalue weighted by Gasteiger charge is 2.49. The molecule has 0 aromatic carbocycles. The second kappa shape index (κ2) is 3.75. The molecule has 1 fully saturated rings. The molecule has 0 aromatic heterocycles. The number of rotatable bonds is 2. The summed E-state index contributed by atoms with van der Waals surface area (Å²) in [5.74, 6) is 1.94. The maximum Gasteiger partial charge on any atom is 0.486 e. The van der Waals surface area contributed by atoms with Gasteiger partial charge in [0.2, 0.25) is 0 Å². The Morgan fingerprint density at radius 1 is 1.15 bits per heavy atom. The standard InChI is InChI=1S/C9H16BBrO2/c1-8(2)9(3,4)13-10(12-8)6-5-7-11/h5-6H,7H2,1-4H3. The van der Waals surface area contributed by atoms with Crippen molar-refractivity contribution in [3.05, 3.63) is 12.1 Å². The summed E-state index contributed by atoms with van der Waals surface area (Å²) in [6, 6.07) is 0. The highest BCUT2D eigenvalue weighted by molar-refractivity contribution is 9.09. The van der Waals surface area contributed by atoms with Crippen LogP contribution in [-0.4, -0.2) is 23.7 Å². The Morgan fingerprint density at radius 2 is 1.62 bits per heavy atom. The van der Waals surface area contributed by atoms with Crippen molar-refractivity contribution in [2.24, 2.45) is 0 Å². The van der Waals surface area contributed by atoms with Gasteiger partial charge < -0.3 is 9.31 Å². The van der Waals surface area contributed by atoms with Crippen molar-refractivity contribution in [3.63, 3.8) is 0 Å². The second-order valence-corrected chi connectivity index (χ2v) is 4.85. The van der Waals surface area contributed by atoms with Gasteiger partial charge in [0.1, 0.15) is 0 Å². The predicted octanol–water partition coefficient (Wildman–Crippen LogP) is 2.57. The number of hydrogen-bond acceptors (Lipinski definition) is 2. The van der Waals surface area contributed by atoms with Gasteiger partial charge in [-0.15, -0.1) is 0 Å². The lowest BCUT2D eigenvalue weighted by atomic mass is 9.90. The molecule has 0 N–H and O–H groups in total. The first kappa shape index (κ1) is 11.3. The Labute approximate surface area is 89.0 Å². The smallest absolute Gasteiger partial charge is 0.400 e. The molecule has 1 heterocycles. The first-order valence-electron chi connectivity index (χ1n) is 4.47. The Hall–Kier alpha value is 0.205. The molecule has 0 radical (unpaired) electrons. The van der Waals surface area contributed by atoms with Gasteiger partial charge in [0.25, 0.3) is 0 Å². The van der Waals surface area contributed by atoms with E-state index in [2.05, 4.69) is 43.6 Å².